The van der Waals surface area contributed by atoms with Gasteiger partial charge in [0.25, 0.3) is 0 Å². The van der Waals surface area contributed by atoms with Crippen LogP contribution in [-0.4, -0.2) is 67.0 Å². The second kappa shape index (κ2) is 12.6. The summed E-state index contributed by atoms with van der Waals surface area (Å²) in [6.45, 7) is 4.92. The smallest absolute Gasteiger partial charge is 0.319 e. The largest absolute Gasteiger partial charge is 0.463 e. The lowest BCUT2D eigenvalue weighted by atomic mass is 9.96. The third-order valence-corrected chi connectivity index (χ3v) is 8.35. The Labute approximate surface area is 245 Å². The van der Waals surface area contributed by atoms with E-state index in [1.54, 1.807) is 13.1 Å². The minimum Gasteiger partial charge on any atom is -0.463 e. The van der Waals surface area contributed by atoms with Crippen LogP contribution in [0.2, 0.25) is 0 Å². The highest BCUT2D eigenvalue weighted by molar-refractivity contribution is 6.02. The lowest BCUT2D eigenvalue weighted by molar-refractivity contribution is 0.166. The van der Waals surface area contributed by atoms with Crippen LogP contribution in [0, 0.1) is 23.6 Å². The summed E-state index contributed by atoms with van der Waals surface area (Å²) < 4.78 is 37.1. The third kappa shape index (κ3) is 5.74. The average Bonchev–Trinajstić information content (AvgIpc) is 3.53. The fraction of sp³-hybridized carbons (Fsp3) is 0.424. The Bertz CT molecular complexity index is 1640. The summed E-state index contributed by atoms with van der Waals surface area (Å²) in [5, 5.41) is 8.85. The Balaban J connectivity index is 1.45. The highest BCUT2D eigenvalue weighted by Crippen LogP contribution is 2.36. The molecule has 2 aliphatic rings. The van der Waals surface area contributed by atoms with Gasteiger partial charge in [0.2, 0.25) is 0 Å². The number of benzene rings is 2. The summed E-state index contributed by atoms with van der Waals surface area (Å²) >= 11 is 0. The van der Waals surface area contributed by atoms with Crippen molar-refractivity contribution < 1.29 is 13.5 Å². The molecule has 2 aliphatic heterocycles. The van der Waals surface area contributed by atoms with Crippen LogP contribution >= 0.6 is 0 Å². The van der Waals surface area contributed by atoms with Gasteiger partial charge in [0.1, 0.15) is 23.2 Å². The average molecular weight is 571 g/mol. The summed E-state index contributed by atoms with van der Waals surface area (Å²) in [5.41, 5.74) is 1.82. The molecule has 2 fully saturated rings. The maximum Gasteiger partial charge on any atom is 0.319 e. The van der Waals surface area contributed by atoms with E-state index in [9.17, 15) is 4.39 Å². The minimum absolute atomic E-state index is 0.0354. The Morgan fingerprint density at radius 1 is 1.07 bits per heavy atom. The van der Waals surface area contributed by atoms with Crippen LogP contribution in [0.4, 0.5) is 14.6 Å². The summed E-state index contributed by atoms with van der Waals surface area (Å²) in [4.78, 5) is 16.0. The number of rotatable bonds is 6. The van der Waals surface area contributed by atoms with E-state index in [4.69, 9.17) is 9.72 Å². The lowest BCUT2D eigenvalue weighted by Crippen LogP contribution is -2.34. The third-order valence-electron chi connectivity index (χ3n) is 8.35. The van der Waals surface area contributed by atoms with Gasteiger partial charge in [0.15, 0.2) is 5.82 Å². The van der Waals surface area contributed by atoms with Crippen molar-refractivity contribution in [3.63, 3.8) is 0 Å². The number of anilines is 1. The molecular formula is C33H36F2N6O. The van der Waals surface area contributed by atoms with Crippen LogP contribution in [0.25, 0.3) is 32.9 Å². The molecular weight excluding hydrogens is 534 g/mol. The number of nitrogens with one attached hydrogen (secondary N) is 2. The second-order valence-corrected chi connectivity index (χ2v) is 11.2. The topological polar surface area (TPSA) is 75.2 Å². The molecule has 6 rings (SSSR count). The first-order chi connectivity index (χ1) is 20.5. The summed E-state index contributed by atoms with van der Waals surface area (Å²) in [6, 6.07) is 11.9. The Morgan fingerprint density at radius 2 is 1.90 bits per heavy atom. The second-order valence-electron chi connectivity index (χ2n) is 11.2. The number of ether oxygens (including phenoxy) is 1. The van der Waals surface area contributed by atoms with Gasteiger partial charge in [-0.3, -0.25) is 4.98 Å². The molecule has 42 heavy (non-hydrogen) atoms. The Hall–Kier alpha value is -3.87. The normalized spacial score (nSPS) is 21.0. The summed E-state index contributed by atoms with van der Waals surface area (Å²) in [7, 11) is 1.96. The van der Waals surface area contributed by atoms with Crippen molar-refractivity contribution in [1.82, 2.24) is 25.6 Å². The fourth-order valence-corrected chi connectivity index (χ4v) is 6.14. The molecule has 3 atom stereocenters. The zero-order valence-corrected chi connectivity index (χ0v) is 24.1. The first-order valence-electron chi connectivity index (χ1n) is 14.8. The number of alkyl halides is 1. The molecule has 0 aliphatic carbocycles. The van der Waals surface area contributed by atoms with Gasteiger partial charge < -0.3 is 20.3 Å². The Kier molecular flexibility index (Phi) is 8.45. The van der Waals surface area contributed by atoms with Gasteiger partial charge in [0.05, 0.1) is 12.0 Å². The van der Waals surface area contributed by atoms with Gasteiger partial charge in [-0.25, -0.2) is 8.78 Å². The van der Waals surface area contributed by atoms with Gasteiger partial charge in [-0.15, -0.1) is 5.92 Å². The quantitative estimate of drug-likeness (QED) is 0.307. The number of pyridine rings is 1. The number of halogens is 2. The van der Waals surface area contributed by atoms with E-state index in [1.807, 2.05) is 43.4 Å². The molecule has 0 unspecified atom stereocenters. The van der Waals surface area contributed by atoms with Crippen LogP contribution in [0.5, 0.6) is 6.01 Å². The lowest BCUT2D eigenvalue weighted by Gasteiger charge is -2.27. The maximum atomic E-state index is 16.6. The predicted octanol–water partition coefficient (Wildman–Crippen LogP) is 5.26. The molecule has 2 saturated heterocycles. The van der Waals surface area contributed by atoms with Crippen LogP contribution in [0.3, 0.4) is 0 Å². The molecule has 0 bridgehead atoms. The molecule has 218 valence electrons. The van der Waals surface area contributed by atoms with Gasteiger partial charge in [0, 0.05) is 48.9 Å². The number of hydrogen-bond donors (Lipinski definition) is 2. The van der Waals surface area contributed by atoms with Crippen molar-refractivity contribution in [1.29, 1.82) is 0 Å². The molecule has 0 saturated carbocycles. The zero-order valence-electron chi connectivity index (χ0n) is 24.1. The summed E-state index contributed by atoms with van der Waals surface area (Å²) in [6.07, 6.45) is 3.87. The molecule has 2 aromatic carbocycles. The van der Waals surface area contributed by atoms with Crippen LogP contribution in [-0.2, 0) is 0 Å². The Morgan fingerprint density at radius 3 is 2.71 bits per heavy atom. The maximum absolute atomic E-state index is 16.6. The predicted molar refractivity (Wildman–Crippen MR) is 163 cm³/mol. The molecule has 2 N–H and O–H groups in total. The van der Waals surface area contributed by atoms with Crippen molar-refractivity contribution in [2.75, 3.05) is 44.7 Å². The molecule has 0 amide bonds. The molecule has 9 heteroatoms. The van der Waals surface area contributed by atoms with Crippen LogP contribution in [0.1, 0.15) is 38.2 Å². The monoisotopic (exact) mass is 570 g/mol. The van der Waals surface area contributed by atoms with Gasteiger partial charge in [-0.2, -0.15) is 9.97 Å². The van der Waals surface area contributed by atoms with Crippen molar-refractivity contribution in [2.45, 2.75) is 44.8 Å². The van der Waals surface area contributed by atoms with E-state index in [-0.39, 0.29) is 35.8 Å². The number of hydrogen-bond acceptors (Lipinski definition) is 7. The standard InChI is InChI=1S/C33H36F2N6O/c1-3-7-22-9-4-10-23-11-5-12-26(28(22)23)30-29(35)31-27(19-38-30)32(41(2)25-13-15-37-18-25)40-33(39-31)42-20-21-8-6-14-36-17-24(34)16-21/h4-5,9-12,19,21,24-25,36-37H,6,8,13-18,20H2,1-2H3/t21-,24-,25-/m1/s1. The van der Waals surface area contributed by atoms with E-state index < -0.39 is 12.0 Å². The van der Waals surface area contributed by atoms with Crippen molar-refractivity contribution in [2.24, 2.45) is 5.92 Å². The SMILES string of the molecule is CC#Cc1cccc2cccc(-c3ncc4c(N(C)[C@@H]5CCNC5)nc(OC[C@@H]5CCCNC[C@H](F)C5)nc4c3F)c12. The first kappa shape index (κ1) is 28.3. The van der Waals surface area contributed by atoms with E-state index in [1.165, 1.54) is 0 Å². The highest BCUT2D eigenvalue weighted by Gasteiger charge is 2.26. The van der Waals surface area contributed by atoms with Crippen LogP contribution < -0.4 is 20.3 Å². The molecule has 2 aromatic heterocycles. The van der Waals surface area contributed by atoms with E-state index in [2.05, 4.69) is 37.3 Å². The van der Waals surface area contributed by atoms with Gasteiger partial charge >= 0.3 is 6.01 Å². The van der Waals surface area contributed by atoms with Crippen molar-refractivity contribution in [3.05, 3.63) is 54.0 Å². The first-order valence-corrected chi connectivity index (χ1v) is 14.8. The molecule has 0 radical (unpaired) electrons. The van der Waals surface area contributed by atoms with Crippen LogP contribution in [0.15, 0.2) is 42.6 Å². The van der Waals surface area contributed by atoms with Crippen molar-refractivity contribution in [3.8, 4) is 29.1 Å². The van der Waals surface area contributed by atoms with Gasteiger partial charge in [-0.1, -0.05) is 36.3 Å². The molecule has 0 spiro atoms. The molecule has 4 aromatic rings. The highest BCUT2D eigenvalue weighted by atomic mass is 19.1. The van der Waals surface area contributed by atoms with E-state index in [0.29, 0.717) is 29.7 Å². The van der Waals surface area contributed by atoms with E-state index >= 15 is 4.39 Å². The van der Waals surface area contributed by atoms with E-state index in [0.717, 1.165) is 55.2 Å². The molecule has 7 nitrogen and oxygen atoms in total. The fourth-order valence-electron chi connectivity index (χ4n) is 6.14. The van der Waals surface area contributed by atoms with Gasteiger partial charge in [-0.05, 0) is 63.1 Å². The number of fused-ring (bicyclic) bond motifs is 2. The summed E-state index contributed by atoms with van der Waals surface area (Å²) in [5.74, 6) is 6.19. The number of likely N-dealkylation sites (N-methyl/N-ethyl adjacent to an activating group) is 1. The number of aromatic nitrogens is 3. The minimum atomic E-state index is -0.929. The molecule has 4 heterocycles. The zero-order chi connectivity index (χ0) is 29.1. The van der Waals surface area contributed by atoms with Crippen molar-refractivity contribution >= 4 is 27.5 Å². The number of nitrogens with zero attached hydrogens (tertiary/aromatic N) is 4.